The standard InChI is InChI=1S/C13H17F3N2O3/c1-6(19)10-9-7(12(9,2)3)5-18(10)8(20)4-17-11(21)13(14,15)16/h7,9-10H,4-5H2,1-3H3,(H,17,21)/t7-,9-,10+/m0/s1. The fourth-order valence-electron chi connectivity index (χ4n) is 3.37. The fourth-order valence-corrected chi connectivity index (χ4v) is 3.37. The van der Waals surface area contributed by atoms with Crippen molar-refractivity contribution in [1.82, 2.24) is 10.2 Å². The van der Waals surface area contributed by atoms with Crippen LogP contribution in [0.25, 0.3) is 0 Å². The number of piperidine rings is 1. The van der Waals surface area contributed by atoms with E-state index in [4.69, 9.17) is 0 Å². The van der Waals surface area contributed by atoms with Crippen LogP contribution in [-0.4, -0.2) is 47.8 Å². The number of likely N-dealkylation sites (tertiary alicyclic amines) is 1. The number of carbonyl (C=O) groups is 3. The van der Waals surface area contributed by atoms with Crippen molar-refractivity contribution in [1.29, 1.82) is 0 Å². The fraction of sp³-hybridized carbons (Fsp3) is 0.769. The van der Waals surface area contributed by atoms with Gasteiger partial charge in [0.1, 0.15) is 0 Å². The van der Waals surface area contributed by atoms with E-state index in [0.29, 0.717) is 6.54 Å². The Kier molecular flexibility index (Phi) is 3.54. The van der Waals surface area contributed by atoms with Gasteiger partial charge in [-0.15, -0.1) is 0 Å². The van der Waals surface area contributed by atoms with Crippen LogP contribution in [0, 0.1) is 17.3 Å². The molecule has 0 spiro atoms. The molecule has 21 heavy (non-hydrogen) atoms. The van der Waals surface area contributed by atoms with Crippen molar-refractivity contribution < 1.29 is 27.6 Å². The SMILES string of the molecule is CC(=O)[C@@H]1[C@@H]2[C@H](CN1C(=O)CNC(=O)C(F)(F)F)C2(C)C. The molecule has 2 rings (SSSR count). The minimum absolute atomic E-state index is 0.0255. The second-order valence-electron chi connectivity index (χ2n) is 6.24. The number of nitrogens with zero attached hydrogens (tertiary/aromatic N) is 1. The lowest BCUT2D eigenvalue weighted by molar-refractivity contribution is -0.174. The molecule has 2 amide bonds. The quantitative estimate of drug-likeness (QED) is 0.836. The van der Waals surface area contributed by atoms with E-state index in [1.165, 1.54) is 11.8 Å². The minimum atomic E-state index is -5.02. The second-order valence-corrected chi connectivity index (χ2v) is 6.24. The lowest BCUT2D eigenvalue weighted by Gasteiger charge is -2.29. The van der Waals surface area contributed by atoms with Gasteiger partial charge in [0.25, 0.3) is 0 Å². The first-order valence-corrected chi connectivity index (χ1v) is 6.63. The number of carbonyl (C=O) groups excluding carboxylic acids is 3. The number of hydrogen-bond acceptors (Lipinski definition) is 3. The van der Waals surface area contributed by atoms with Crippen LogP contribution in [0.4, 0.5) is 13.2 Å². The molecule has 1 N–H and O–H groups in total. The molecule has 118 valence electrons. The molecule has 1 saturated heterocycles. The maximum absolute atomic E-state index is 12.1. The number of fused-ring (bicyclic) bond motifs is 1. The lowest BCUT2D eigenvalue weighted by Crippen LogP contribution is -2.49. The van der Waals surface area contributed by atoms with Gasteiger partial charge in [-0.3, -0.25) is 14.4 Å². The first kappa shape index (κ1) is 15.8. The number of Topliss-reactive ketones (excluding diaryl/α,β-unsaturated/α-hetero) is 1. The first-order chi connectivity index (χ1) is 9.48. The van der Waals surface area contributed by atoms with Crippen molar-refractivity contribution in [3.8, 4) is 0 Å². The molecule has 1 saturated carbocycles. The van der Waals surface area contributed by atoms with Crippen LogP contribution >= 0.6 is 0 Å². The number of hydrogen-bond donors (Lipinski definition) is 1. The summed E-state index contributed by atoms with van der Waals surface area (Å²) in [6.45, 7) is 4.98. The number of amides is 2. The van der Waals surface area contributed by atoms with Crippen LogP contribution in [0.5, 0.6) is 0 Å². The number of alkyl halides is 3. The number of ketones is 1. The van der Waals surface area contributed by atoms with E-state index in [-0.39, 0.29) is 23.0 Å². The van der Waals surface area contributed by atoms with Gasteiger partial charge in [-0.05, 0) is 24.2 Å². The van der Waals surface area contributed by atoms with Gasteiger partial charge >= 0.3 is 12.1 Å². The predicted octanol–water partition coefficient (Wildman–Crippen LogP) is 0.737. The van der Waals surface area contributed by atoms with Crippen LogP contribution < -0.4 is 5.32 Å². The summed E-state index contributed by atoms with van der Waals surface area (Å²) in [5.74, 6) is -2.75. The molecule has 0 bridgehead atoms. The summed E-state index contributed by atoms with van der Waals surface area (Å²) in [5, 5.41) is 1.54. The summed E-state index contributed by atoms with van der Waals surface area (Å²) in [7, 11) is 0. The summed E-state index contributed by atoms with van der Waals surface area (Å²) < 4.78 is 36.2. The zero-order valence-electron chi connectivity index (χ0n) is 12.0. The van der Waals surface area contributed by atoms with Crippen molar-refractivity contribution in [3.63, 3.8) is 0 Å². The van der Waals surface area contributed by atoms with Gasteiger partial charge in [-0.1, -0.05) is 13.8 Å². The third kappa shape index (κ3) is 2.63. The summed E-state index contributed by atoms with van der Waals surface area (Å²) in [4.78, 5) is 35.7. The molecule has 1 aliphatic carbocycles. The zero-order valence-corrected chi connectivity index (χ0v) is 12.0. The van der Waals surface area contributed by atoms with Gasteiger partial charge in [0.2, 0.25) is 5.91 Å². The number of nitrogens with one attached hydrogen (secondary N) is 1. The maximum Gasteiger partial charge on any atom is 0.471 e. The molecular formula is C13H17F3N2O3. The Labute approximate surface area is 119 Å². The molecule has 0 radical (unpaired) electrons. The lowest BCUT2D eigenvalue weighted by atomic mass is 9.99. The van der Waals surface area contributed by atoms with E-state index in [9.17, 15) is 27.6 Å². The molecule has 8 heteroatoms. The van der Waals surface area contributed by atoms with Crippen molar-refractivity contribution in [2.24, 2.45) is 17.3 Å². The van der Waals surface area contributed by atoms with Gasteiger partial charge in [-0.2, -0.15) is 13.2 Å². The molecule has 5 nitrogen and oxygen atoms in total. The predicted molar refractivity (Wildman–Crippen MR) is 66.0 cm³/mol. The Hall–Kier alpha value is -1.60. The average molecular weight is 306 g/mol. The topological polar surface area (TPSA) is 66.5 Å². The maximum atomic E-state index is 12.1. The molecule has 2 fully saturated rings. The van der Waals surface area contributed by atoms with Crippen LogP contribution in [0.2, 0.25) is 0 Å². The van der Waals surface area contributed by atoms with Gasteiger partial charge in [0.05, 0.1) is 12.6 Å². The highest BCUT2D eigenvalue weighted by atomic mass is 19.4. The summed E-state index contributed by atoms with van der Waals surface area (Å²) in [6.07, 6.45) is -5.02. The summed E-state index contributed by atoms with van der Waals surface area (Å²) >= 11 is 0. The van der Waals surface area contributed by atoms with E-state index in [0.717, 1.165) is 0 Å². The summed E-state index contributed by atoms with van der Waals surface area (Å²) in [5.41, 5.74) is -0.0255. The highest BCUT2D eigenvalue weighted by molar-refractivity contribution is 5.92. The zero-order chi connectivity index (χ0) is 16.2. The van der Waals surface area contributed by atoms with Crippen molar-refractivity contribution in [2.45, 2.75) is 33.0 Å². The molecule has 0 aromatic carbocycles. The van der Waals surface area contributed by atoms with Crippen LogP contribution in [0.3, 0.4) is 0 Å². The van der Waals surface area contributed by atoms with Crippen LogP contribution in [-0.2, 0) is 14.4 Å². The third-order valence-corrected chi connectivity index (χ3v) is 4.60. The van der Waals surface area contributed by atoms with Gasteiger partial charge < -0.3 is 10.2 Å². The highest BCUT2D eigenvalue weighted by Crippen LogP contribution is 2.64. The van der Waals surface area contributed by atoms with E-state index in [2.05, 4.69) is 0 Å². The van der Waals surface area contributed by atoms with E-state index < -0.39 is 30.6 Å². The Morgan fingerprint density at radius 2 is 1.86 bits per heavy atom. The van der Waals surface area contributed by atoms with Crippen molar-refractivity contribution in [3.05, 3.63) is 0 Å². The Bertz CT molecular complexity index is 501. The Morgan fingerprint density at radius 1 is 1.29 bits per heavy atom. The number of halogens is 3. The first-order valence-electron chi connectivity index (χ1n) is 6.63. The molecule has 2 aliphatic rings. The largest absolute Gasteiger partial charge is 0.471 e. The Balaban J connectivity index is 1.98. The van der Waals surface area contributed by atoms with E-state index in [1.807, 2.05) is 13.8 Å². The smallest absolute Gasteiger partial charge is 0.339 e. The van der Waals surface area contributed by atoms with Gasteiger partial charge in [0.15, 0.2) is 5.78 Å². The average Bonchev–Trinajstić information content (AvgIpc) is 2.76. The van der Waals surface area contributed by atoms with Crippen molar-refractivity contribution >= 4 is 17.6 Å². The molecule has 1 heterocycles. The van der Waals surface area contributed by atoms with Gasteiger partial charge in [-0.25, -0.2) is 0 Å². The molecule has 1 aliphatic heterocycles. The van der Waals surface area contributed by atoms with E-state index in [1.54, 1.807) is 5.32 Å². The molecule has 0 aromatic rings. The van der Waals surface area contributed by atoms with E-state index >= 15 is 0 Å². The third-order valence-electron chi connectivity index (χ3n) is 4.60. The molecular weight excluding hydrogens is 289 g/mol. The van der Waals surface area contributed by atoms with Crippen LogP contribution in [0.1, 0.15) is 20.8 Å². The minimum Gasteiger partial charge on any atom is -0.339 e. The summed E-state index contributed by atoms with van der Waals surface area (Å²) in [6, 6.07) is -0.597. The molecule has 3 atom stereocenters. The monoisotopic (exact) mass is 306 g/mol. The molecule has 0 unspecified atom stereocenters. The normalized spacial score (nSPS) is 29.8. The highest BCUT2D eigenvalue weighted by Gasteiger charge is 2.68. The molecule has 0 aromatic heterocycles. The van der Waals surface area contributed by atoms with Gasteiger partial charge in [0, 0.05) is 6.54 Å². The number of rotatable bonds is 3. The second kappa shape index (κ2) is 4.71. The van der Waals surface area contributed by atoms with Crippen LogP contribution in [0.15, 0.2) is 0 Å². The Morgan fingerprint density at radius 3 is 2.33 bits per heavy atom. The van der Waals surface area contributed by atoms with Crippen molar-refractivity contribution in [2.75, 3.05) is 13.1 Å².